The summed E-state index contributed by atoms with van der Waals surface area (Å²) in [5, 5.41) is 5.78. The maximum absolute atomic E-state index is 12.3. The zero-order chi connectivity index (χ0) is 19.6. The molecule has 2 N–H and O–H groups in total. The lowest BCUT2D eigenvalue weighted by Crippen LogP contribution is -2.56. The Balaban J connectivity index is 1.45. The van der Waals surface area contributed by atoms with Crippen LogP contribution in [0.25, 0.3) is 6.08 Å². The number of nitrogens with zero attached hydrogens (tertiary/aromatic N) is 3. The molecule has 2 amide bonds. The van der Waals surface area contributed by atoms with Crippen molar-refractivity contribution in [2.24, 2.45) is 0 Å². The highest BCUT2D eigenvalue weighted by Gasteiger charge is 2.30. The van der Waals surface area contributed by atoms with Crippen molar-refractivity contribution in [3.05, 3.63) is 60.7 Å². The molecule has 28 heavy (non-hydrogen) atoms. The van der Waals surface area contributed by atoms with E-state index in [0.717, 1.165) is 25.1 Å². The summed E-state index contributed by atoms with van der Waals surface area (Å²) in [6.45, 7) is 3.38. The van der Waals surface area contributed by atoms with E-state index in [4.69, 9.17) is 0 Å². The lowest BCUT2D eigenvalue weighted by atomic mass is 10.1. The maximum Gasteiger partial charge on any atom is 0.237 e. The molecule has 1 aromatic carbocycles. The van der Waals surface area contributed by atoms with Crippen molar-refractivity contribution >= 4 is 17.9 Å². The van der Waals surface area contributed by atoms with Gasteiger partial charge >= 0.3 is 0 Å². The van der Waals surface area contributed by atoms with Crippen molar-refractivity contribution < 1.29 is 9.59 Å². The van der Waals surface area contributed by atoms with Crippen molar-refractivity contribution in [2.75, 3.05) is 26.2 Å². The topological polar surface area (TPSA) is 79.3 Å². The van der Waals surface area contributed by atoms with E-state index in [9.17, 15) is 9.59 Å². The highest BCUT2D eigenvalue weighted by molar-refractivity contribution is 5.88. The molecule has 1 aliphatic rings. The molecular weight excluding hydrogens is 354 g/mol. The second-order valence-corrected chi connectivity index (χ2v) is 6.82. The van der Waals surface area contributed by atoms with Crippen LogP contribution in [-0.2, 0) is 16.1 Å². The Labute approximate surface area is 165 Å². The van der Waals surface area contributed by atoms with Crippen LogP contribution in [0.1, 0.15) is 18.4 Å². The first-order valence-corrected chi connectivity index (χ1v) is 9.68. The number of rotatable bonds is 9. The molecule has 0 radical (unpaired) electrons. The van der Waals surface area contributed by atoms with Crippen LogP contribution in [-0.4, -0.2) is 58.5 Å². The summed E-state index contributed by atoms with van der Waals surface area (Å²) in [5.74, 6) is -0.169. The second-order valence-electron chi connectivity index (χ2n) is 6.82. The summed E-state index contributed by atoms with van der Waals surface area (Å²) in [6, 6.07) is 9.61. The fraction of sp³-hybridized carbons (Fsp3) is 0.381. The van der Waals surface area contributed by atoms with Crippen molar-refractivity contribution in [1.29, 1.82) is 0 Å². The summed E-state index contributed by atoms with van der Waals surface area (Å²) in [6.07, 6.45) is 10.5. The zero-order valence-corrected chi connectivity index (χ0v) is 16.0. The minimum Gasteiger partial charge on any atom is -0.356 e. The first-order chi connectivity index (χ1) is 13.7. The first kappa shape index (κ1) is 19.8. The molecule has 2 aromatic rings. The zero-order valence-electron chi connectivity index (χ0n) is 16.0. The van der Waals surface area contributed by atoms with Gasteiger partial charge in [-0.2, -0.15) is 0 Å². The molecule has 7 heteroatoms. The quantitative estimate of drug-likeness (QED) is 0.642. The normalized spacial score (nSPS) is 17.6. The summed E-state index contributed by atoms with van der Waals surface area (Å²) in [4.78, 5) is 30.6. The molecule has 1 saturated heterocycles. The van der Waals surface area contributed by atoms with Gasteiger partial charge in [-0.25, -0.2) is 4.98 Å². The molecule has 1 unspecified atom stereocenters. The fourth-order valence-corrected chi connectivity index (χ4v) is 3.25. The predicted octanol–water partition coefficient (Wildman–Crippen LogP) is 1.29. The molecule has 0 aliphatic carbocycles. The number of amides is 2. The lowest BCUT2D eigenvalue weighted by molar-refractivity contribution is -0.133. The third-order valence-electron chi connectivity index (χ3n) is 4.74. The fourth-order valence-electron chi connectivity index (χ4n) is 3.25. The molecular formula is C21H27N5O2. The van der Waals surface area contributed by atoms with Crippen molar-refractivity contribution in [3.63, 3.8) is 0 Å². The number of benzene rings is 1. The minimum absolute atomic E-state index is 0.0760. The molecule has 2 heterocycles. The van der Waals surface area contributed by atoms with Gasteiger partial charge in [0.05, 0.1) is 18.8 Å². The first-order valence-electron chi connectivity index (χ1n) is 9.68. The van der Waals surface area contributed by atoms with Gasteiger partial charge < -0.3 is 15.2 Å². The summed E-state index contributed by atoms with van der Waals surface area (Å²) >= 11 is 0. The van der Waals surface area contributed by atoms with Crippen LogP contribution in [0.15, 0.2) is 55.1 Å². The van der Waals surface area contributed by atoms with E-state index in [1.807, 2.05) is 53.2 Å². The van der Waals surface area contributed by atoms with Gasteiger partial charge in [0.25, 0.3) is 0 Å². The van der Waals surface area contributed by atoms with E-state index >= 15 is 0 Å². The number of aryl methyl sites for hydroxylation is 1. The summed E-state index contributed by atoms with van der Waals surface area (Å²) in [7, 11) is 0. The molecule has 7 nitrogen and oxygen atoms in total. The standard InChI is InChI=1S/C21H27N5O2/c27-20(23-9-5-12-25-14-10-22-17-25)16-19-21(28)24-11-15-26(19)13-4-8-18-6-2-1-3-7-18/h1-4,6-8,10,14,17,19H,5,9,11-13,15-16H2,(H,23,27)(H,24,28)/b8-4+. The van der Waals surface area contributed by atoms with Crippen molar-refractivity contribution in [2.45, 2.75) is 25.4 Å². The van der Waals surface area contributed by atoms with E-state index in [2.05, 4.69) is 20.5 Å². The number of aromatic nitrogens is 2. The monoisotopic (exact) mass is 381 g/mol. The van der Waals surface area contributed by atoms with Crippen LogP contribution in [0, 0.1) is 0 Å². The molecule has 1 aliphatic heterocycles. The molecule has 1 aromatic heterocycles. The average Bonchev–Trinajstić information content (AvgIpc) is 3.22. The van der Waals surface area contributed by atoms with Gasteiger partial charge in [-0.3, -0.25) is 14.5 Å². The Morgan fingerprint density at radius 3 is 2.96 bits per heavy atom. The highest BCUT2D eigenvalue weighted by Crippen LogP contribution is 2.10. The van der Waals surface area contributed by atoms with E-state index in [1.54, 1.807) is 12.5 Å². The SMILES string of the molecule is O=C(CC1C(=O)NCCN1C/C=C/c1ccccc1)NCCCn1ccnc1. The molecule has 148 valence electrons. The number of nitrogens with one attached hydrogen (secondary N) is 2. The summed E-state index contributed by atoms with van der Waals surface area (Å²) in [5.41, 5.74) is 1.12. The number of piperazine rings is 1. The van der Waals surface area contributed by atoms with Gasteiger partial charge in [-0.05, 0) is 12.0 Å². The van der Waals surface area contributed by atoms with Crippen LogP contribution in [0.4, 0.5) is 0 Å². The van der Waals surface area contributed by atoms with Crippen molar-refractivity contribution in [3.8, 4) is 0 Å². The van der Waals surface area contributed by atoms with Crippen LogP contribution >= 0.6 is 0 Å². The van der Waals surface area contributed by atoms with E-state index < -0.39 is 6.04 Å². The third kappa shape index (κ3) is 6.06. The average molecular weight is 381 g/mol. The molecule has 1 atom stereocenters. The van der Waals surface area contributed by atoms with Gasteiger partial charge in [0, 0.05) is 45.1 Å². The van der Waals surface area contributed by atoms with E-state index in [-0.39, 0.29) is 18.2 Å². The van der Waals surface area contributed by atoms with Crippen LogP contribution in [0.2, 0.25) is 0 Å². The number of carbonyl (C=O) groups is 2. The Morgan fingerprint density at radius 1 is 1.32 bits per heavy atom. The Hall–Kier alpha value is -2.93. The van der Waals surface area contributed by atoms with Crippen LogP contribution < -0.4 is 10.6 Å². The van der Waals surface area contributed by atoms with Gasteiger partial charge in [0.15, 0.2) is 0 Å². The van der Waals surface area contributed by atoms with Gasteiger partial charge in [-0.15, -0.1) is 0 Å². The van der Waals surface area contributed by atoms with E-state index in [1.165, 1.54) is 0 Å². The largest absolute Gasteiger partial charge is 0.356 e. The second kappa shape index (κ2) is 10.4. The smallest absolute Gasteiger partial charge is 0.237 e. The van der Waals surface area contributed by atoms with Gasteiger partial charge in [-0.1, -0.05) is 42.5 Å². The van der Waals surface area contributed by atoms with Gasteiger partial charge in [0.2, 0.25) is 11.8 Å². The Kier molecular flexibility index (Phi) is 7.37. The minimum atomic E-state index is -0.428. The lowest BCUT2D eigenvalue weighted by Gasteiger charge is -2.33. The maximum atomic E-state index is 12.3. The Bertz CT molecular complexity index is 773. The molecule has 0 saturated carbocycles. The molecule has 0 spiro atoms. The summed E-state index contributed by atoms with van der Waals surface area (Å²) < 4.78 is 1.97. The Morgan fingerprint density at radius 2 is 2.18 bits per heavy atom. The van der Waals surface area contributed by atoms with Gasteiger partial charge in [0.1, 0.15) is 0 Å². The van der Waals surface area contributed by atoms with E-state index in [0.29, 0.717) is 19.6 Å². The number of hydrogen-bond donors (Lipinski definition) is 2. The van der Waals surface area contributed by atoms with Crippen LogP contribution in [0.5, 0.6) is 0 Å². The number of imidazole rings is 1. The highest BCUT2D eigenvalue weighted by atomic mass is 16.2. The number of carbonyl (C=O) groups excluding carboxylic acids is 2. The molecule has 1 fully saturated rings. The van der Waals surface area contributed by atoms with Crippen LogP contribution in [0.3, 0.4) is 0 Å². The molecule has 0 bridgehead atoms. The predicted molar refractivity (Wildman–Crippen MR) is 108 cm³/mol. The molecule has 3 rings (SSSR count). The number of hydrogen-bond acceptors (Lipinski definition) is 4. The van der Waals surface area contributed by atoms with Crippen molar-refractivity contribution in [1.82, 2.24) is 25.1 Å². The third-order valence-corrected chi connectivity index (χ3v) is 4.74.